The van der Waals surface area contributed by atoms with E-state index < -0.39 is 0 Å². The van der Waals surface area contributed by atoms with Crippen LogP contribution in [0.3, 0.4) is 0 Å². The van der Waals surface area contributed by atoms with Crippen molar-refractivity contribution in [2.24, 2.45) is 5.92 Å². The van der Waals surface area contributed by atoms with Crippen molar-refractivity contribution in [3.63, 3.8) is 0 Å². The van der Waals surface area contributed by atoms with Crippen molar-refractivity contribution in [3.05, 3.63) is 53.9 Å². The molecule has 3 N–H and O–H groups in total. The molecule has 0 atom stereocenters. The molecule has 1 heterocycles. The summed E-state index contributed by atoms with van der Waals surface area (Å²) >= 11 is 0. The molecule has 0 aliphatic heterocycles. The van der Waals surface area contributed by atoms with Crippen LogP contribution in [0, 0.1) is 17.8 Å². The van der Waals surface area contributed by atoms with Gasteiger partial charge in [0.2, 0.25) is 5.91 Å². The van der Waals surface area contributed by atoms with Gasteiger partial charge in [0.05, 0.1) is 0 Å². The number of nitrogen functional groups attached to an aromatic ring is 1. The second kappa shape index (κ2) is 10.1. The van der Waals surface area contributed by atoms with Gasteiger partial charge in [-0.2, -0.15) is 0 Å². The van der Waals surface area contributed by atoms with Crippen LogP contribution in [0.5, 0.6) is 0 Å². The molecular formula is C20H25N3O. The lowest BCUT2D eigenvalue weighted by Crippen LogP contribution is -2.17. The van der Waals surface area contributed by atoms with Gasteiger partial charge in [0.25, 0.3) is 0 Å². The van der Waals surface area contributed by atoms with Crippen molar-refractivity contribution in [2.45, 2.75) is 34.1 Å². The number of carbonyl (C=O) groups is 1. The third kappa shape index (κ3) is 6.97. The molecule has 2 aromatic rings. The van der Waals surface area contributed by atoms with Gasteiger partial charge < -0.3 is 11.1 Å². The maximum atomic E-state index is 11.7. The minimum atomic E-state index is -0.0672. The summed E-state index contributed by atoms with van der Waals surface area (Å²) in [6, 6.07) is 10.8. The Morgan fingerprint density at radius 3 is 2.38 bits per heavy atom. The molecule has 0 saturated carbocycles. The van der Waals surface area contributed by atoms with Crippen LogP contribution in [-0.2, 0) is 4.79 Å². The minimum Gasteiger partial charge on any atom is -0.399 e. The van der Waals surface area contributed by atoms with Crippen LogP contribution < -0.4 is 11.1 Å². The van der Waals surface area contributed by atoms with Crippen LogP contribution in [0.1, 0.15) is 45.4 Å². The highest BCUT2D eigenvalue weighted by Crippen LogP contribution is 2.09. The van der Waals surface area contributed by atoms with E-state index in [1.165, 1.54) is 6.42 Å². The summed E-state index contributed by atoms with van der Waals surface area (Å²) < 4.78 is 0. The topological polar surface area (TPSA) is 68.0 Å². The molecule has 24 heavy (non-hydrogen) atoms. The van der Waals surface area contributed by atoms with E-state index in [1.54, 1.807) is 30.5 Å². The van der Waals surface area contributed by atoms with E-state index >= 15 is 0 Å². The van der Waals surface area contributed by atoms with Gasteiger partial charge in [0, 0.05) is 29.1 Å². The quantitative estimate of drug-likeness (QED) is 0.646. The average molecular weight is 323 g/mol. The van der Waals surface area contributed by atoms with Crippen LogP contribution in [0.4, 0.5) is 11.4 Å². The van der Waals surface area contributed by atoms with Crippen molar-refractivity contribution in [1.82, 2.24) is 4.98 Å². The minimum absolute atomic E-state index is 0.0290. The second-order valence-electron chi connectivity index (χ2n) is 5.65. The van der Waals surface area contributed by atoms with Crippen molar-refractivity contribution >= 4 is 17.3 Å². The molecule has 126 valence electrons. The molecule has 0 radical (unpaired) electrons. The zero-order valence-electron chi connectivity index (χ0n) is 14.8. The Morgan fingerprint density at radius 2 is 1.79 bits per heavy atom. The first kappa shape index (κ1) is 19.2. The summed E-state index contributed by atoms with van der Waals surface area (Å²) in [7, 11) is 0. The molecule has 0 aliphatic rings. The highest BCUT2D eigenvalue weighted by atomic mass is 16.1. The monoisotopic (exact) mass is 323 g/mol. The van der Waals surface area contributed by atoms with Crippen LogP contribution >= 0.6 is 0 Å². The van der Waals surface area contributed by atoms with E-state index in [4.69, 9.17) is 5.73 Å². The van der Waals surface area contributed by atoms with Gasteiger partial charge >= 0.3 is 0 Å². The summed E-state index contributed by atoms with van der Waals surface area (Å²) in [5.41, 5.74) is 8.50. The molecule has 0 spiro atoms. The lowest BCUT2D eigenvalue weighted by molar-refractivity contribution is -0.118. The van der Waals surface area contributed by atoms with E-state index in [2.05, 4.69) is 36.0 Å². The first-order valence-corrected chi connectivity index (χ1v) is 8.10. The average Bonchev–Trinajstić information content (AvgIpc) is 2.55. The first-order valence-electron chi connectivity index (χ1n) is 8.10. The Bertz CT molecular complexity index is 710. The fraction of sp³-hybridized carbons (Fsp3) is 0.300. The molecule has 4 nitrogen and oxygen atoms in total. The maximum Gasteiger partial charge on any atom is 0.226 e. The molecule has 0 fully saturated rings. The third-order valence-electron chi connectivity index (χ3n) is 2.80. The number of carbonyl (C=O) groups excluding carboxylic acids is 1. The molecule has 4 heteroatoms. The maximum absolute atomic E-state index is 11.7. The van der Waals surface area contributed by atoms with Gasteiger partial charge in [0.15, 0.2) is 0 Å². The zero-order valence-corrected chi connectivity index (χ0v) is 14.8. The SMILES string of the molecule is CC(C)C(=O)Nc1ccnc(C#Cc2ccc(N)cc2)c1.CCC. The number of nitrogens with two attached hydrogens (primary N) is 1. The highest BCUT2D eigenvalue weighted by molar-refractivity contribution is 5.92. The predicted octanol–water partition coefficient (Wildman–Crippen LogP) is 4.07. The Hall–Kier alpha value is -2.80. The number of hydrogen-bond donors (Lipinski definition) is 2. The lowest BCUT2D eigenvalue weighted by atomic mass is 10.2. The van der Waals surface area contributed by atoms with Gasteiger partial charge in [-0.1, -0.05) is 40.0 Å². The molecule has 0 saturated heterocycles. The van der Waals surface area contributed by atoms with Gasteiger partial charge in [0.1, 0.15) is 5.69 Å². The molecule has 1 aromatic carbocycles. The van der Waals surface area contributed by atoms with Crippen molar-refractivity contribution < 1.29 is 4.79 Å². The lowest BCUT2D eigenvalue weighted by Gasteiger charge is -2.07. The number of nitrogens with one attached hydrogen (secondary N) is 1. The number of anilines is 2. The number of nitrogens with zero attached hydrogens (tertiary/aromatic N) is 1. The number of hydrogen-bond acceptors (Lipinski definition) is 3. The van der Waals surface area contributed by atoms with Gasteiger partial charge in [-0.25, -0.2) is 4.98 Å². The number of aromatic nitrogens is 1. The second-order valence-corrected chi connectivity index (χ2v) is 5.65. The normalized spacial score (nSPS) is 9.38. The third-order valence-corrected chi connectivity index (χ3v) is 2.80. The van der Waals surface area contributed by atoms with Crippen LogP contribution in [0.15, 0.2) is 42.6 Å². The number of pyridine rings is 1. The number of rotatable bonds is 2. The van der Waals surface area contributed by atoms with Gasteiger partial charge in [-0.15, -0.1) is 0 Å². The Kier molecular flexibility index (Phi) is 8.07. The smallest absolute Gasteiger partial charge is 0.226 e. The molecule has 1 aromatic heterocycles. The fourth-order valence-electron chi connectivity index (χ4n) is 1.57. The van der Waals surface area contributed by atoms with Crippen molar-refractivity contribution in [1.29, 1.82) is 0 Å². The molecule has 0 bridgehead atoms. The van der Waals surface area contributed by atoms with E-state index in [0.717, 1.165) is 5.56 Å². The Labute approximate surface area is 144 Å². The molecular weight excluding hydrogens is 298 g/mol. The van der Waals surface area contributed by atoms with E-state index in [-0.39, 0.29) is 11.8 Å². The van der Waals surface area contributed by atoms with E-state index in [0.29, 0.717) is 17.1 Å². The molecule has 0 aliphatic carbocycles. The summed E-state index contributed by atoms with van der Waals surface area (Å²) in [6.07, 6.45) is 2.88. The largest absolute Gasteiger partial charge is 0.399 e. The standard InChI is InChI=1S/C17H17N3O.C3H8/c1-12(2)17(21)20-16-9-10-19-15(11-16)8-5-13-3-6-14(18)7-4-13;1-3-2/h3-4,6-7,9-12H,18H2,1-2H3,(H,19,20,21);3H2,1-2H3. The first-order chi connectivity index (χ1) is 11.5. The molecule has 1 amide bonds. The van der Waals surface area contributed by atoms with E-state index in [1.807, 2.05) is 26.0 Å². The summed E-state index contributed by atoms with van der Waals surface area (Å²) in [4.78, 5) is 15.8. The van der Waals surface area contributed by atoms with E-state index in [9.17, 15) is 4.79 Å². The highest BCUT2D eigenvalue weighted by Gasteiger charge is 2.06. The van der Waals surface area contributed by atoms with Crippen LogP contribution in [0.25, 0.3) is 0 Å². The zero-order chi connectivity index (χ0) is 17.9. The Morgan fingerprint density at radius 1 is 1.17 bits per heavy atom. The van der Waals surface area contributed by atoms with Crippen LogP contribution in [0.2, 0.25) is 0 Å². The number of amides is 1. The van der Waals surface area contributed by atoms with Gasteiger partial charge in [-0.3, -0.25) is 4.79 Å². The van der Waals surface area contributed by atoms with Crippen molar-refractivity contribution in [2.75, 3.05) is 11.1 Å². The summed E-state index contributed by atoms with van der Waals surface area (Å²) in [6.45, 7) is 7.94. The Balaban J connectivity index is 0.000000891. The van der Waals surface area contributed by atoms with Crippen molar-refractivity contribution in [3.8, 4) is 11.8 Å². The summed E-state index contributed by atoms with van der Waals surface area (Å²) in [5.74, 6) is 5.88. The number of benzene rings is 1. The molecule has 2 rings (SSSR count). The summed E-state index contributed by atoms with van der Waals surface area (Å²) in [5, 5.41) is 2.82. The predicted molar refractivity (Wildman–Crippen MR) is 101 cm³/mol. The van der Waals surface area contributed by atoms with Gasteiger partial charge in [-0.05, 0) is 42.3 Å². The molecule has 0 unspecified atom stereocenters. The fourth-order valence-corrected chi connectivity index (χ4v) is 1.57. The van der Waals surface area contributed by atoms with Crippen LogP contribution in [-0.4, -0.2) is 10.9 Å².